The van der Waals surface area contributed by atoms with Crippen molar-refractivity contribution in [2.45, 2.75) is 11.3 Å². The van der Waals surface area contributed by atoms with Crippen molar-refractivity contribution >= 4 is 15.8 Å². The van der Waals surface area contributed by atoms with E-state index in [1.165, 1.54) is 30.3 Å². The summed E-state index contributed by atoms with van der Waals surface area (Å²) in [6.07, 6.45) is 1.68. The number of carboxylic acid groups (broad SMARTS) is 1. The first-order chi connectivity index (χ1) is 10.8. The van der Waals surface area contributed by atoms with Gasteiger partial charge in [0.25, 0.3) is 0 Å². The molecule has 0 amide bonds. The highest BCUT2D eigenvalue weighted by Gasteiger charge is 2.22. The molecule has 7 heteroatoms. The van der Waals surface area contributed by atoms with Crippen LogP contribution in [0.25, 0.3) is 0 Å². The number of carboxylic acids is 1. The van der Waals surface area contributed by atoms with Crippen LogP contribution in [0.5, 0.6) is 17.2 Å². The first-order valence-electron chi connectivity index (χ1n) is 6.85. The van der Waals surface area contributed by atoms with Crippen molar-refractivity contribution in [3.05, 3.63) is 47.5 Å². The van der Waals surface area contributed by atoms with E-state index < -0.39 is 15.8 Å². The second kappa shape index (κ2) is 5.58. The standard InChI is InChI=1S/C16H14O6S/c1-23(19,20)12-4-2-10(3-5-12)22-11-8-14(16(17)18)13-6-7-21-15(13)9-11/h2-5,8-9H,6-7H2,1H3,(H,17,18). The molecule has 1 N–H and O–H groups in total. The van der Waals surface area contributed by atoms with Gasteiger partial charge in [-0.05, 0) is 30.3 Å². The van der Waals surface area contributed by atoms with Gasteiger partial charge in [-0.15, -0.1) is 0 Å². The molecule has 23 heavy (non-hydrogen) atoms. The van der Waals surface area contributed by atoms with Crippen molar-refractivity contribution in [2.24, 2.45) is 0 Å². The van der Waals surface area contributed by atoms with E-state index >= 15 is 0 Å². The molecular weight excluding hydrogens is 320 g/mol. The van der Waals surface area contributed by atoms with Crippen molar-refractivity contribution in [3.63, 3.8) is 0 Å². The van der Waals surface area contributed by atoms with Gasteiger partial charge < -0.3 is 14.6 Å². The first-order valence-corrected chi connectivity index (χ1v) is 8.75. The van der Waals surface area contributed by atoms with E-state index in [0.29, 0.717) is 35.8 Å². The van der Waals surface area contributed by atoms with Crippen LogP contribution in [0.1, 0.15) is 15.9 Å². The van der Waals surface area contributed by atoms with Crippen LogP contribution in [0.2, 0.25) is 0 Å². The van der Waals surface area contributed by atoms with Gasteiger partial charge in [-0.3, -0.25) is 0 Å². The van der Waals surface area contributed by atoms with Gasteiger partial charge in [-0.2, -0.15) is 0 Å². The molecule has 0 spiro atoms. The summed E-state index contributed by atoms with van der Waals surface area (Å²) >= 11 is 0. The molecule has 0 aliphatic carbocycles. The normalized spacial score (nSPS) is 13.3. The third-order valence-corrected chi connectivity index (χ3v) is 4.64. The lowest BCUT2D eigenvalue weighted by Crippen LogP contribution is -2.01. The largest absolute Gasteiger partial charge is 0.493 e. The number of benzene rings is 2. The summed E-state index contributed by atoms with van der Waals surface area (Å²) in [5.41, 5.74) is 0.819. The summed E-state index contributed by atoms with van der Waals surface area (Å²) in [5, 5.41) is 9.29. The van der Waals surface area contributed by atoms with Crippen LogP contribution in [0.4, 0.5) is 0 Å². The van der Waals surface area contributed by atoms with E-state index in [1.54, 1.807) is 6.07 Å². The summed E-state index contributed by atoms with van der Waals surface area (Å²) in [7, 11) is -3.27. The van der Waals surface area contributed by atoms with E-state index in [-0.39, 0.29) is 10.5 Å². The second-order valence-corrected chi connectivity index (χ2v) is 7.21. The summed E-state index contributed by atoms with van der Waals surface area (Å²) in [6.45, 7) is 0.447. The van der Waals surface area contributed by atoms with Gasteiger partial charge in [0.05, 0.1) is 17.1 Å². The second-order valence-electron chi connectivity index (χ2n) is 5.20. The molecular formula is C16H14O6S. The van der Waals surface area contributed by atoms with Crippen molar-refractivity contribution in [2.75, 3.05) is 12.9 Å². The Hall–Kier alpha value is -2.54. The number of hydrogen-bond acceptors (Lipinski definition) is 5. The van der Waals surface area contributed by atoms with E-state index in [0.717, 1.165) is 6.26 Å². The molecule has 0 aromatic heterocycles. The zero-order valence-electron chi connectivity index (χ0n) is 12.3. The van der Waals surface area contributed by atoms with Crippen molar-refractivity contribution in [3.8, 4) is 17.2 Å². The number of carbonyl (C=O) groups is 1. The molecule has 0 radical (unpaired) electrons. The van der Waals surface area contributed by atoms with Crippen LogP contribution in [-0.2, 0) is 16.3 Å². The monoisotopic (exact) mass is 334 g/mol. The molecule has 0 saturated carbocycles. The van der Waals surface area contributed by atoms with Gasteiger partial charge in [0, 0.05) is 24.3 Å². The van der Waals surface area contributed by atoms with Gasteiger partial charge in [-0.1, -0.05) is 0 Å². The number of rotatable bonds is 4. The molecule has 0 bridgehead atoms. The fraction of sp³-hybridized carbons (Fsp3) is 0.188. The maximum atomic E-state index is 11.4. The van der Waals surface area contributed by atoms with Crippen LogP contribution >= 0.6 is 0 Å². The molecule has 0 unspecified atom stereocenters. The van der Waals surface area contributed by atoms with Crippen LogP contribution in [0, 0.1) is 0 Å². The van der Waals surface area contributed by atoms with E-state index in [2.05, 4.69) is 0 Å². The van der Waals surface area contributed by atoms with E-state index in [4.69, 9.17) is 9.47 Å². The van der Waals surface area contributed by atoms with E-state index in [1.807, 2.05) is 0 Å². The number of ether oxygens (including phenoxy) is 2. The maximum absolute atomic E-state index is 11.4. The zero-order chi connectivity index (χ0) is 16.6. The quantitative estimate of drug-likeness (QED) is 0.924. The minimum absolute atomic E-state index is 0.155. The van der Waals surface area contributed by atoms with Crippen LogP contribution in [-0.4, -0.2) is 32.4 Å². The van der Waals surface area contributed by atoms with Crippen LogP contribution < -0.4 is 9.47 Å². The van der Waals surface area contributed by atoms with Crippen LogP contribution in [0.15, 0.2) is 41.3 Å². The third-order valence-electron chi connectivity index (χ3n) is 3.51. The SMILES string of the molecule is CS(=O)(=O)c1ccc(Oc2cc3c(c(C(=O)O)c2)CCO3)cc1. The maximum Gasteiger partial charge on any atom is 0.336 e. The molecule has 3 rings (SSSR count). The Labute approximate surface area is 133 Å². The lowest BCUT2D eigenvalue weighted by molar-refractivity contribution is 0.0695. The topological polar surface area (TPSA) is 89.9 Å². The zero-order valence-corrected chi connectivity index (χ0v) is 13.1. The first kappa shape index (κ1) is 15.4. The highest BCUT2D eigenvalue weighted by Crippen LogP contribution is 2.35. The Morgan fingerprint density at radius 3 is 2.48 bits per heavy atom. The fourth-order valence-corrected chi connectivity index (χ4v) is 3.04. The van der Waals surface area contributed by atoms with Crippen molar-refractivity contribution < 1.29 is 27.8 Å². The predicted molar refractivity (Wildman–Crippen MR) is 82.2 cm³/mol. The third kappa shape index (κ3) is 3.14. The molecule has 2 aromatic carbocycles. The van der Waals surface area contributed by atoms with Gasteiger partial charge >= 0.3 is 5.97 Å². The smallest absolute Gasteiger partial charge is 0.336 e. The highest BCUT2D eigenvalue weighted by atomic mass is 32.2. The van der Waals surface area contributed by atoms with Gasteiger partial charge in [0.1, 0.15) is 17.2 Å². The number of hydrogen-bond donors (Lipinski definition) is 1. The highest BCUT2D eigenvalue weighted by molar-refractivity contribution is 7.90. The lowest BCUT2D eigenvalue weighted by atomic mass is 10.0. The molecule has 1 aliphatic heterocycles. The van der Waals surface area contributed by atoms with Gasteiger partial charge in [-0.25, -0.2) is 13.2 Å². The molecule has 120 valence electrons. The predicted octanol–water partition coefficient (Wildman–Crippen LogP) is 2.52. The molecule has 0 fully saturated rings. The van der Waals surface area contributed by atoms with Crippen molar-refractivity contribution in [1.82, 2.24) is 0 Å². The molecule has 1 heterocycles. The molecule has 0 atom stereocenters. The Bertz CT molecular complexity index is 868. The number of fused-ring (bicyclic) bond motifs is 1. The van der Waals surface area contributed by atoms with Gasteiger partial charge in [0.15, 0.2) is 9.84 Å². The van der Waals surface area contributed by atoms with Gasteiger partial charge in [0.2, 0.25) is 0 Å². The summed E-state index contributed by atoms with van der Waals surface area (Å²) in [6, 6.07) is 8.99. The summed E-state index contributed by atoms with van der Waals surface area (Å²) < 4.78 is 33.9. The Morgan fingerprint density at radius 2 is 1.87 bits per heavy atom. The minimum atomic E-state index is -3.27. The van der Waals surface area contributed by atoms with Crippen molar-refractivity contribution in [1.29, 1.82) is 0 Å². The molecule has 1 aliphatic rings. The molecule has 2 aromatic rings. The Kier molecular flexibility index (Phi) is 3.73. The average Bonchev–Trinajstić information content (AvgIpc) is 2.94. The summed E-state index contributed by atoms with van der Waals surface area (Å²) in [4.78, 5) is 11.5. The molecule has 6 nitrogen and oxygen atoms in total. The number of sulfone groups is 1. The molecule has 0 saturated heterocycles. The minimum Gasteiger partial charge on any atom is -0.493 e. The number of aromatic carboxylic acids is 1. The average molecular weight is 334 g/mol. The summed E-state index contributed by atoms with van der Waals surface area (Å²) in [5.74, 6) is 0.208. The van der Waals surface area contributed by atoms with Crippen LogP contribution in [0.3, 0.4) is 0 Å². The van der Waals surface area contributed by atoms with E-state index in [9.17, 15) is 18.3 Å². The Balaban J connectivity index is 1.91. The fourth-order valence-electron chi connectivity index (χ4n) is 2.41. The lowest BCUT2D eigenvalue weighted by Gasteiger charge is -2.10. The Morgan fingerprint density at radius 1 is 1.17 bits per heavy atom.